The zero-order chi connectivity index (χ0) is 13.8. The molecule has 0 aromatic rings. The van der Waals surface area contributed by atoms with Gasteiger partial charge >= 0.3 is 12.0 Å². The summed E-state index contributed by atoms with van der Waals surface area (Å²) in [4.78, 5) is 22.9. The van der Waals surface area contributed by atoms with Crippen molar-refractivity contribution in [1.29, 1.82) is 0 Å². The van der Waals surface area contributed by atoms with Gasteiger partial charge in [0.15, 0.2) is 0 Å². The molecule has 102 valence electrons. The summed E-state index contributed by atoms with van der Waals surface area (Å²) in [7, 11) is 0. The average molecular weight is 254 g/mol. The summed E-state index contributed by atoms with van der Waals surface area (Å²) in [5, 5.41) is 14.5. The molecule has 0 fully saturated rings. The van der Waals surface area contributed by atoms with Crippen LogP contribution in [0.2, 0.25) is 0 Å². The molecule has 1 aliphatic rings. The van der Waals surface area contributed by atoms with Crippen LogP contribution in [0.4, 0.5) is 4.79 Å². The number of hydrogen-bond donors (Lipinski definition) is 3. The summed E-state index contributed by atoms with van der Waals surface area (Å²) < 4.78 is 0. The monoisotopic (exact) mass is 254 g/mol. The Balaban J connectivity index is 2.51. The molecule has 18 heavy (non-hydrogen) atoms. The number of hydrogen-bond acceptors (Lipinski definition) is 2. The lowest BCUT2D eigenvalue weighted by atomic mass is 9.87. The normalized spacial score (nSPS) is 21.2. The molecule has 0 spiro atoms. The predicted octanol–water partition coefficient (Wildman–Crippen LogP) is 1.89. The maximum Gasteiger partial charge on any atom is 0.326 e. The topological polar surface area (TPSA) is 78.4 Å². The van der Waals surface area contributed by atoms with Gasteiger partial charge in [-0.2, -0.15) is 0 Å². The van der Waals surface area contributed by atoms with Gasteiger partial charge in [0.1, 0.15) is 6.04 Å². The molecule has 0 radical (unpaired) electrons. The maximum atomic E-state index is 11.8. The summed E-state index contributed by atoms with van der Waals surface area (Å²) in [6, 6.07) is -1.20. The number of carbonyl (C=O) groups is 2. The van der Waals surface area contributed by atoms with Gasteiger partial charge in [-0.25, -0.2) is 9.59 Å². The predicted molar refractivity (Wildman–Crippen MR) is 69.3 cm³/mol. The zero-order valence-electron chi connectivity index (χ0n) is 11.2. The smallest absolute Gasteiger partial charge is 0.326 e. The highest BCUT2D eigenvalue weighted by atomic mass is 16.4. The molecule has 2 atom stereocenters. The van der Waals surface area contributed by atoms with E-state index in [2.05, 4.69) is 16.7 Å². The number of carboxylic acid groups (broad SMARTS) is 1. The Kier molecular flexibility index (Phi) is 4.76. The molecule has 0 saturated heterocycles. The molecular weight excluding hydrogens is 232 g/mol. The molecule has 0 saturated carbocycles. The van der Waals surface area contributed by atoms with Crippen molar-refractivity contribution < 1.29 is 14.7 Å². The van der Waals surface area contributed by atoms with Crippen molar-refractivity contribution in [3.05, 3.63) is 12.2 Å². The van der Waals surface area contributed by atoms with E-state index in [1.807, 2.05) is 6.08 Å². The third-order valence-corrected chi connectivity index (χ3v) is 2.99. The third-order valence-electron chi connectivity index (χ3n) is 2.99. The minimum absolute atomic E-state index is 0.101. The van der Waals surface area contributed by atoms with Crippen molar-refractivity contribution in [2.75, 3.05) is 0 Å². The molecule has 3 N–H and O–H groups in total. The molecule has 5 heteroatoms. The van der Waals surface area contributed by atoms with E-state index in [0.717, 1.165) is 19.3 Å². The van der Waals surface area contributed by atoms with Crippen LogP contribution in [0.15, 0.2) is 12.2 Å². The lowest BCUT2D eigenvalue weighted by molar-refractivity contribution is -0.141. The molecular formula is C13H22N2O3. The number of allylic oxidation sites excluding steroid dienone is 1. The molecule has 1 unspecified atom stereocenters. The molecule has 0 heterocycles. The van der Waals surface area contributed by atoms with Crippen LogP contribution in [0.1, 0.15) is 40.0 Å². The number of rotatable bonds is 3. The maximum absolute atomic E-state index is 11.8. The number of carboxylic acids is 1. The lowest BCUT2D eigenvalue weighted by Crippen LogP contribution is -2.54. The van der Waals surface area contributed by atoms with Crippen LogP contribution in [0.5, 0.6) is 0 Å². The SMILES string of the molecule is CC(C)(C)[C@H](NC(=O)NC1CC=CCC1)C(=O)O. The van der Waals surface area contributed by atoms with Crippen molar-refractivity contribution in [2.45, 2.75) is 52.1 Å². The summed E-state index contributed by atoms with van der Waals surface area (Å²) in [6.07, 6.45) is 6.78. The molecule has 1 aliphatic carbocycles. The Morgan fingerprint density at radius 3 is 2.44 bits per heavy atom. The van der Waals surface area contributed by atoms with Crippen molar-refractivity contribution in [3.8, 4) is 0 Å². The van der Waals surface area contributed by atoms with Crippen LogP contribution in [0.25, 0.3) is 0 Å². The van der Waals surface area contributed by atoms with Crippen molar-refractivity contribution >= 4 is 12.0 Å². The summed E-state index contributed by atoms with van der Waals surface area (Å²) in [5.74, 6) is -1.01. The molecule has 0 aromatic carbocycles. The Labute approximate surface area is 108 Å². The first kappa shape index (κ1) is 14.5. The number of amides is 2. The van der Waals surface area contributed by atoms with E-state index in [0.29, 0.717) is 0 Å². The average Bonchev–Trinajstić information content (AvgIpc) is 2.25. The summed E-state index contributed by atoms with van der Waals surface area (Å²) >= 11 is 0. The van der Waals surface area contributed by atoms with Crippen LogP contribution in [-0.2, 0) is 4.79 Å². The number of aliphatic carboxylic acids is 1. The van der Waals surface area contributed by atoms with Gasteiger partial charge in [-0.1, -0.05) is 32.9 Å². The highest BCUT2D eigenvalue weighted by molar-refractivity contribution is 5.83. The van der Waals surface area contributed by atoms with E-state index in [1.54, 1.807) is 20.8 Å². The lowest BCUT2D eigenvalue weighted by Gasteiger charge is -2.29. The summed E-state index contributed by atoms with van der Waals surface area (Å²) in [5.41, 5.74) is -0.518. The molecule has 0 bridgehead atoms. The van der Waals surface area contributed by atoms with E-state index in [4.69, 9.17) is 5.11 Å². The van der Waals surface area contributed by atoms with Gasteiger partial charge in [-0.05, 0) is 24.7 Å². The Morgan fingerprint density at radius 1 is 1.33 bits per heavy atom. The van der Waals surface area contributed by atoms with Gasteiger partial charge in [0.2, 0.25) is 0 Å². The first-order chi connectivity index (χ1) is 8.30. The van der Waals surface area contributed by atoms with Crippen molar-refractivity contribution in [2.24, 2.45) is 5.41 Å². The first-order valence-electron chi connectivity index (χ1n) is 6.25. The second kappa shape index (κ2) is 5.89. The van der Waals surface area contributed by atoms with E-state index in [9.17, 15) is 9.59 Å². The molecule has 1 rings (SSSR count). The Bertz CT molecular complexity index is 345. The van der Waals surface area contributed by atoms with Crippen molar-refractivity contribution in [3.63, 3.8) is 0 Å². The molecule has 5 nitrogen and oxygen atoms in total. The number of nitrogens with one attached hydrogen (secondary N) is 2. The van der Waals surface area contributed by atoms with Gasteiger partial charge in [0.25, 0.3) is 0 Å². The van der Waals surface area contributed by atoms with Gasteiger partial charge < -0.3 is 15.7 Å². The number of urea groups is 1. The van der Waals surface area contributed by atoms with Gasteiger partial charge in [0.05, 0.1) is 0 Å². The minimum atomic E-state index is -1.01. The minimum Gasteiger partial charge on any atom is -0.480 e. The molecule has 2 amide bonds. The van der Waals surface area contributed by atoms with Crippen LogP contribution in [0.3, 0.4) is 0 Å². The highest BCUT2D eigenvalue weighted by Gasteiger charge is 2.32. The fraction of sp³-hybridized carbons (Fsp3) is 0.692. The van der Waals surface area contributed by atoms with Gasteiger partial charge in [0, 0.05) is 6.04 Å². The third kappa shape index (κ3) is 4.39. The van der Waals surface area contributed by atoms with Gasteiger partial charge in [-0.3, -0.25) is 0 Å². The first-order valence-corrected chi connectivity index (χ1v) is 6.25. The van der Waals surface area contributed by atoms with Gasteiger partial charge in [-0.15, -0.1) is 0 Å². The quantitative estimate of drug-likeness (QED) is 0.673. The van der Waals surface area contributed by atoms with E-state index < -0.39 is 23.5 Å². The van der Waals surface area contributed by atoms with Crippen LogP contribution in [-0.4, -0.2) is 29.2 Å². The van der Waals surface area contributed by atoms with E-state index in [-0.39, 0.29) is 6.04 Å². The van der Waals surface area contributed by atoms with Crippen LogP contribution in [0, 0.1) is 5.41 Å². The number of carbonyl (C=O) groups excluding carboxylic acids is 1. The fourth-order valence-corrected chi connectivity index (χ4v) is 1.93. The molecule has 0 aliphatic heterocycles. The van der Waals surface area contributed by atoms with Crippen LogP contribution < -0.4 is 10.6 Å². The largest absolute Gasteiger partial charge is 0.480 e. The second-order valence-corrected chi connectivity index (χ2v) is 5.74. The highest BCUT2D eigenvalue weighted by Crippen LogP contribution is 2.19. The van der Waals surface area contributed by atoms with E-state index >= 15 is 0 Å². The second-order valence-electron chi connectivity index (χ2n) is 5.74. The Morgan fingerprint density at radius 2 is 2.00 bits per heavy atom. The van der Waals surface area contributed by atoms with Crippen LogP contribution >= 0.6 is 0 Å². The molecule has 0 aromatic heterocycles. The zero-order valence-corrected chi connectivity index (χ0v) is 11.2. The van der Waals surface area contributed by atoms with E-state index in [1.165, 1.54) is 0 Å². The standard InChI is InChI=1S/C13H22N2O3/c1-13(2,3)10(11(16)17)15-12(18)14-9-7-5-4-6-8-9/h4-5,9-10H,6-8H2,1-3H3,(H,16,17)(H2,14,15,18)/t9?,10-/m1/s1. The fourth-order valence-electron chi connectivity index (χ4n) is 1.93. The Hall–Kier alpha value is -1.52. The summed E-state index contributed by atoms with van der Waals surface area (Å²) in [6.45, 7) is 5.36. The van der Waals surface area contributed by atoms with Crippen molar-refractivity contribution in [1.82, 2.24) is 10.6 Å².